The minimum Gasteiger partial charge on any atom is -0.493 e. The number of aliphatic hydroxyl groups excluding tert-OH is 1. The first-order chi connectivity index (χ1) is 13.2. The minimum absolute atomic E-state index is 0.102. The summed E-state index contributed by atoms with van der Waals surface area (Å²) in [5, 5.41) is 11.5. The highest BCUT2D eigenvalue weighted by Crippen LogP contribution is 2.59. The molecule has 0 amide bonds. The molecule has 4 atom stereocenters. The number of ether oxygens (including phenoxy) is 1. The third-order valence-electron chi connectivity index (χ3n) is 7.54. The first-order valence-electron chi connectivity index (χ1n) is 10.2. The monoisotopic (exact) mass is 382 g/mol. The van der Waals surface area contributed by atoms with Crippen molar-refractivity contribution in [3.8, 4) is 5.75 Å². The van der Waals surface area contributed by atoms with Crippen molar-refractivity contribution in [2.75, 3.05) is 6.61 Å². The first-order valence-corrected chi connectivity index (χ1v) is 10.2. The van der Waals surface area contributed by atoms with Crippen LogP contribution in [-0.4, -0.2) is 17.8 Å². The maximum Gasteiger partial charge on any atom is 0.336 e. The van der Waals surface area contributed by atoms with Crippen LogP contribution in [0.1, 0.15) is 47.0 Å². The predicted octanol–water partition coefficient (Wildman–Crippen LogP) is 4.94. The Morgan fingerprint density at radius 3 is 2.75 bits per heavy atom. The van der Waals surface area contributed by atoms with Crippen LogP contribution >= 0.6 is 0 Å². The molecule has 150 valence electrons. The van der Waals surface area contributed by atoms with Crippen molar-refractivity contribution in [2.45, 2.75) is 53.1 Å². The van der Waals surface area contributed by atoms with Crippen LogP contribution in [0.3, 0.4) is 0 Å². The average Bonchev–Trinajstić information content (AvgIpc) is 2.64. The highest BCUT2D eigenvalue weighted by atomic mass is 16.5. The fourth-order valence-electron chi connectivity index (χ4n) is 5.66. The van der Waals surface area contributed by atoms with Crippen molar-refractivity contribution >= 4 is 11.0 Å². The van der Waals surface area contributed by atoms with E-state index in [1.807, 2.05) is 12.1 Å². The molecule has 1 fully saturated rings. The average molecular weight is 383 g/mol. The van der Waals surface area contributed by atoms with E-state index in [-0.39, 0.29) is 22.6 Å². The fourth-order valence-corrected chi connectivity index (χ4v) is 5.66. The maximum atomic E-state index is 11.5. The lowest BCUT2D eigenvalue weighted by atomic mass is 9.48. The van der Waals surface area contributed by atoms with Gasteiger partial charge in [0.05, 0.1) is 12.7 Å². The predicted molar refractivity (Wildman–Crippen MR) is 110 cm³/mol. The van der Waals surface area contributed by atoms with Crippen LogP contribution < -0.4 is 10.4 Å². The molecule has 0 saturated heterocycles. The van der Waals surface area contributed by atoms with Gasteiger partial charge in [-0.15, -0.1) is 0 Å². The Labute approximate surface area is 166 Å². The van der Waals surface area contributed by atoms with Gasteiger partial charge in [0.15, 0.2) is 0 Å². The Hall–Kier alpha value is -2.07. The second-order valence-electron chi connectivity index (χ2n) is 9.44. The summed E-state index contributed by atoms with van der Waals surface area (Å²) < 4.78 is 11.5. The summed E-state index contributed by atoms with van der Waals surface area (Å²) in [6.07, 6.45) is 4.95. The molecule has 2 aromatic rings. The summed E-state index contributed by atoms with van der Waals surface area (Å²) in [5.74, 6) is 1.45. The van der Waals surface area contributed by atoms with Crippen molar-refractivity contribution in [3.05, 3.63) is 52.4 Å². The van der Waals surface area contributed by atoms with E-state index in [1.165, 1.54) is 11.6 Å². The second kappa shape index (κ2) is 6.77. The van der Waals surface area contributed by atoms with E-state index in [4.69, 9.17) is 9.15 Å². The van der Waals surface area contributed by atoms with Crippen LogP contribution in [-0.2, 0) is 0 Å². The highest BCUT2D eigenvalue weighted by molar-refractivity contribution is 5.77. The maximum absolute atomic E-state index is 11.5. The van der Waals surface area contributed by atoms with E-state index < -0.39 is 0 Å². The molecule has 1 saturated carbocycles. The third kappa shape index (κ3) is 3.08. The van der Waals surface area contributed by atoms with Crippen LogP contribution in [0.4, 0.5) is 0 Å². The number of rotatable bonds is 3. The number of hydrogen-bond donors (Lipinski definition) is 1. The number of allylic oxidation sites excluding steroid dienone is 1. The molecule has 1 aromatic heterocycles. The van der Waals surface area contributed by atoms with Crippen LogP contribution in [0, 0.1) is 22.7 Å². The molecule has 28 heavy (non-hydrogen) atoms. The Morgan fingerprint density at radius 2 is 1.96 bits per heavy atom. The Balaban J connectivity index is 1.59. The summed E-state index contributed by atoms with van der Waals surface area (Å²) in [5.41, 5.74) is 1.57. The van der Waals surface area contributed by atoms with E-state index in [0.717, 1.165) is 30.4 Å². The quantitative estimate of drug-likeness (QED) is 0.603. The second-order valence-corrected chi connectivity index (χ2v) is 9.44. The lowest BCUT2D eigenvalue weighted by Crippen LogP contribution is -2.55. The molecular formula is C24H30O4. The zero-order valence-corrected chi connectivity index (χ0v) is 17.2. The number of hydrogen-bond acceptors (Lipinski definition) is 4. The topological polar surface area (TPSA) is 59.7 Å². The van der Waals surface area contributed by atoms with Gasteiger partial charge in [-0.1, -0.05) is 32.4 Å². The number of aliphatic hydroxyl groups is 1. The molecule has 4 heteroatoms. The van der Waals surface area contributed by atoms with E-state index in [0.29, 0.717) is 24.0 Å². The van der Waals surface area contributed by atoms with E-state index in [9.17, 15) is 9.90 Å². The van der Waals surface area contributed by atoms with Crippen molar-refractivity contribution in [1.82, 2.24) is 0 Å². The molecule has 0 spiro atoms. The van der Waals surface area contributed by atoms with Crippen molar-refractivity contribution in [1.29, 1.82) is 0 Å². The normalized spacial score (nSPS) is 31.9. The molecule has 0 bridgehead atoms. The standard InChI is InChI=1S/C24H30O4/c1-15-5-9-20-23(2,3)21(25)11-12-24(20,4)18(15)14-27-17-8-6-16-7-10-22(26)28-19(16)13-17/h5-8,10,13,18,20-21,25H,9,11-12,14H2,1-4H3/t18-,20+,21-,24+/m0/s1. The molecule has 2 aliphatic carbocycles. The Morgan fingerprint density at radius 1 is 1.21 bits per heavy atom. The molecular weight excluding hydrogens is 352 g/mol. The fraction of sp³-hybridized carbons (Fsp3) is 0.542. The van der Waals surface area contributed by atoms with Crippen LogP contribution in [0.15, 0.2) is 51.2 Å². The van der Waals surface area contributed by atoms with Gasteiger partial charge in [0.1, 0.15) is 11.3 Å². The van der Waals surface area contributed by atoms with Crippen LogP contribution in [0.25, 0.3) is 11.0 Å². The van der Waals surface area contributed by atoms with Crippen LogP contribution in [0.5, 0.6) is 5.75 Å². The van der Waals surface area contributed by atoms with Crippen LogP contribution in [0.2, 0.25) is 0 Å². The molecule has 1 aromatic carbocycles. The smallest absolute Gasteiger partial charge is 0.336 e. The van der Waals surface area contributed by atoms with Gasteiger partial charge in [-0.3, -0.25) is 0 Å². The van der Waals surface area contributed by atoms with Gasteiger partial charge in [0.2, 0.25) is 0 Å². The van der Waals surface area contributed by atoms with E-state index in [1.54, 1.807) is 12.1 Å². The Bertz CT molecular complexity index is 970. The van der Waals surface area contributed by atoms with Gasteiger partial charge in [-0.05, 0) is 61.1 Å². The summed E-state index contributed by atoms with van der Waals surface area (Å²) in [6.45, 7) is 9.57. The summed E-state index contributed by atoms with van der Waals surface area (Å²) in [6, 6.07) is 8.84. The molecule has 0 radical (unpaired) electrons. The zero-order valence-electron chi connectivity index (χ0n) is 17.2. The molecule has 0 unspecified atom stereocenters. The number of benzene rings is 1. The summed E-state index contributed by atoms with van der Waals surface area (Å²) >= 11 is 0. The van der Waals surface area contributed by atoms with Crippen molar-refractivity contribution < 1.29 is 14.3 Å². The SMILES string of the molecule is CC1=CC[C@@H]2C(C)(C)[C@@H](O)CC[C@]2(C)[C@H]1COc1ccc2ccc(=O)oc2c1. The van der Waals surface area contributed by atoms with E-state index in [2.05, 4.69) is 33.8 Å². The highest BCUT2D eigenvalue weighted by Gasteiger charge is 2.55. The molecule has 1 N–H and O–H groups in total. The van der Waals surface area contributed by atoms with Gasteiger partial charge in [-0.2, -0.15) is 0 Å². The lowest BCUT2D eigenvalue weighted by Gasteiger charge is -2.58. The Kier molecular flexibility index (Phi) is 4.65. The minimum atomic E-state index is -0.353. The van der Waals surface area contributed by atoms with Gasteiger partial charge in [0, 0.05) is 23.4 Å². The lowest BCUT2D eigenvalue weighted by molar-refractivity contribution is -0.119. The third-order valence-corrected chi connectivity index (χ3v) is 7.54. The number of fused-ring (bicyclic) bond motifs is 2. The molecule has 1 heterocycles. The first kappa shape index (κ1) is 19.3. The summed E-state index contributed by atoms with van der Waals surface area (Å²) in [7, 11) is 0. The zero-order chi connectivity index (χ0) is 20.1. The van der Waals surface area contributed by atoms with E-state index >= 15 is 0 Å². The van der Waals surface area contributed by atoms with Crippen molar-refractivity contribution in [3.63, 3.8) is 0 Å². The molecule has 2 aliphatic rings. The largest absolute Gasteiger partial charge is 0.493 e. The molecule has 0 aliphatic heterocycles. The van der Waals surface area contributed by atoms with Gasteiger partial charge < -0.3 is 14.3 Å². The molecule has 4 rings (SSSR count). The van der Waals surface area contributed by atoms with Gasteiger partial charge in [-0.25, -0.2) is 4.79 Å². The van der Waals surface area contributed by atoms with Gasteiger partial charge >= 0.3 is 5.63 Å². The van der Waals surface area contributed by atoms with Gasteiger partial charge in [0.25, 0.3) is 0 Å². The van der Waals surface area contributed by atoms with Crippen molar-refractivity contribution in [2.24, 2.45) is 22.7 Å². The summed E-state index contributed by atoms with van der Waals surface area (Å²) in [4.78, 5) is 11.5. The molecule has 4 nitrogen and oxygen atoms in total.